The van der Waals surface area contributed by atoms with Gasteiger partial charge in [-0.15, -0.1) is 0 Å². The minimum atomic E-state index is -0.456. The van der Waals surface area contributed by atoms with Crippen molar-refractivity contribution in [3.8, 4) is 11.3 Å². The summed E-state index contributed by atoms with van der Waals surface area (Å²) in [6, 6.07) is 6.76. The van der Waals surface area contributed by atoms with Gasteiger partial charge in [0.2, 0.25) is 11.9 Å². The van der Waals surface area contributed by atoms with Gasteiger partial charge in [0.25, 0.3) is 0 Å². The zero-order valence-corrected chi connectivity index (χ0v) is 23.1. The molecule has 1 amide bonds. The molecule has 0 aliphatic carbocycles. The maximum atomic E-state index is 11.6. The molecule has 0 aromatic carbocycles. The lowest BCUT2D eigenvalue weighted by Gasteiger charge is -2.41. The van der Waals surface area contributed by atoms with Crippen molar-refractivity contribution in [2.24, 2.45) is 5.73 Å². The molecule has 2 atom stereocenters. The number of aromatic nitrogens is 4. The van der Waals surface area contributed by atoms with Crippen LogP contribution < -0.4 is 20.4 Å². The van der Waals surface area contributed by atoms with E-state index >= 15 is 0 Å². The summed E-state index contributed by atoms with van der Waals surface area (Å²) in [5.74, 6) is 2.57. The van der Waals surface area contributed by atoms with E-state index in [1.165, 1.54) is 5.56 Å². The number of anilines is 3. The van der Waals surface area contributed by atoms with Crippen LogP contribution in [0.25, 0.3) is 11.3 Å². The van der Waals surface area contributed by atoms with Crippen molar-refractivity contribution in [3.63, 3.8) is 0 Å². The highest BCUT2D eigenvalue weighted by atomic mass is 16.1. The molecule has 0 radical (unpaired) electrons. The average Bonchev–Trinajstić information content (AvgIpc) is 3.34. The van der Waals surface area contributed by atoms with Crippen LogP contribution in [-0.2, 0) is 0 Å². The zero-order valence-electron chi connectivity index (χ0n) is 23.1. The van der Waals surface area contributed by atoms with Crippen molar-refractivity contribution < 1.29 is 4.79 Å². The fourth-order valence-corrected chi connectivity index (χ4v) is 5.51. The molecule has 2 aliphatic heterocycles. The van der Waals surface area contributed by atoms with Crippen molar-refractivity contribution in [2.75, 3.05) is 40.9 Å². The van der Waals surface area contributed by atoms with Gasteiger partial charge in [-0.3, -0.25) is 9.78 Å². The van der Waals surface area contributed by atoms with Crippen LogP contribution in [0.3, 0.4) is 0 Å². The molecule has 2 N–H and O–H groups in total. The highest BCUT2D eigenvalue weighted by Gasteiger charge is 2.29. The SMILES string of the molecule is Cc1cc(C(N)=O)cnc1N1CCN(c2cc(-c3cncc(C(C)C)c3)nc(N3CCC[C@@H]3C)n2)[C@H](C)C1. The molecule has 0 spiro atoms. The quantitative estimate of drug-likeness (QED) is 0.523. The molecule has 0 unspecified atom stereocenters. The predicted molar refractivity (Wildman–Crippen MR) is 152 cm³/mol. The van der Waals surface area contributed by atoms with Crippen LogP contribution in [0.15, 0.2) is 36.8 Å². The Morgan fingerprint density at radius 2 is 1.82 bits per heavy atom. The largest absolute Gasteiger partial charge is 0.366 e. The predicted octanol–water partition coefficient (Wildman–Crippen LogP) is 4.17. The Labute approximate surface area is 225 Å². The maximum Gasteiger partial charge on any atom is 0.250 e. The van der Waals surface area contributed by atoms with Crippen LogP contribution in [0.2, 0.25) is 0 Å². The van der Waals surface area contributed by atoms with Crippen molar-refractivity contribution in [1.29, 1.82) is 0 Å². The number of pyridine rings is 2. The Morgan fingerprint density at radius 1 is 1.00 bits per heavy atom. The molecule has 0 saturated carbocycles. The summed E-state index contributed by atoms with van der Waals surface area (Å²) < 4.78 is 0. The Hall–Kier alpha value is -3.75. The van der Waals surface area contributed by atoms with Gasteiger partial charge in [0.15, 0.2) is 0 Å². The summed E-state index contributed by atoms with van der Waals surface area (Å²) >= 11 is 0. The Balaban J connectivity index is 1.46. The monoisotopic (exact) mass is 514 g/mol. The van der Waals surface area contributed by atoms with Gasteiger partial charge in [0.05, 0.1) is 11.3 Å². The molecule has 5 heterocycles. The summed E-state index contributed by atoms with van der Waals surface area (Å²) in [4.78, 5) is 37.8. The van der Waals surface area contributed by atoms with E-state index in [4.69, 9.17) is 15.7 Å². The number of carbonyl (C=O) groups is 1. The van der Waals surface area contributed by atoms with E-state index in [0.29, 0.717) is 17.5 Å². The number of carbonyl (C=O) groups excluding carboxylic acids is 1. The van der Waals surface area contributed by atoms with Crippen LogP contribution >= 0.6 is 0 Å². The number of nitrogens with two attached hydrogens (primary N) is 1. The molecule has 38 heavy (non-hydrogen) atoms. The van der Waals surface area contributed by atoms with Gasteiger partial charge in [-0.05, 0) is 62.8 Å². The second-order valence-electron chi connectivity index (χ2n) is 11.0. The second kappa shape index (κ2) is 10.6. The number of hydrogen-bond acceptors (Lipinski definition) is 8. The highest BCUT2D eigenvalue weighted by Crippen LogP contribution is 2.32. The normalized spacial score (nSPS) is 19.9. The zero-order chi connectivity index (χ0) is 27.0. The van der Waals surface area contributed by atoms with E-state index in [-0.39, 0.29) is 6.04 Å². The number of rotatable bonds is 6. The molecule has 2 saturated heterocycles. The molecule has 2 fully saturated rings. The van der Waals surface area contributed by atoms with Crippen LogP contribution in [0.4, 0.5) is 17.6 Å². The number of nitrogens with zero attached hydrogens (tertiary/aromatic N) is 7. The smallest absolute Gasteiger partial charge is 0.250 e. The van der Waals surface area contributed by atoms with Crippen molar-refractivity contribution >= 4 is 23.5 Å². The average molecular weight is 515 g/mol. The maximum absolute atomic E-state index is 11.6. The Bertz CT molecular complexity index is 1330. The first-order chi connectivity index (χ1) is 18.2. The van der Waals surface area contributed by atoms with Gasteiger partial charge in [-0.25, -0.2) is 9.97 Å². The molecule has 2 aliphatic rings. The lowest BCUT2D eigenvalue weighted by atomic mass is 10.0. The van der Waals surface area contributed by atoms with E-state index in [2.05, 4.69) is 64.5 Å². The second-order valence-corrected chi connectivity index (χ2v) is 11.0. The minimum absolute atomic E-state index is 0.201. The standard InChI is InChI=1S/C29H38N8O/c1-18(2)22-12-23(15-31-14-22)25-13-26(34-29(33-25)37-8-6-7-20(37)4)36-10-9-35(17-21(36)5)28-19(3)11-24(16-32-28)27(30)38/h11-16,18,20-21H,6-10,17H2,1-5H3,(H2,30,38)/t20-,21+/m0/s1. The minimum Gasteiger partial charge on any atom is -0.366 e. The molecule has 0 bridgehead atoms. The Kier molecular flexibility index (Phi) is 7.19. The number of hydrogen-bond donors (Lipinski definition) is 1. The lowest BCUT2D eigenvalue weighted by Crippen LogP contribution is -2.53. The first kappa shape index (κ1) is 25.9. The summed E-state index contributed by atoms with van der Waals surface area (Å²) in [5, 5.41) is 0. The number of amides is 1. The number of aryl methyl sites for hydroxylation is 1. The fraction of sp³-hybridized carbons (Fsp3) is 0.483. The third-order valence-corrected chi connectivity index (χ3v) is 7.79. The fourth-order valence-electron chi connectivity index (χ4n) is 5.51. The van der Waals surface area contributed by atoms with E-state index in [1.54, 1.807) is 6.20 Å². The molecule has 9 nitrogen and oxygen atoms in total. The number of primary amides is 1. The van der Waals surface area contributed by atoms with Crippen LogP contribution in [0.1, 0.15) is 67.9 Å². The van der Waals surface area contributed by atoms with E-state index in [0.717, 1.165) is 73.4 Å². The topological polar surface area (TPSA) is 104 Å². The van der Waals surface area contributed by atoms with Gasteiger partial charge in [-0.2, -0.15) is 4.98 Å². The first-order valence-electron chi connectivity index (χ1n) is 13.6. The highest BCUT2D eigenvalue weighted by molar-refractivity contribution is 5.93. The molecule has 200 valence electrons. The van der Waals surface area contributed by atoms with E-state index < -0.39 is 5.91 Å². The molecule has 3 aromatic heterocycles. The third kappa shape index (κ3) is 5.14. The summed E-state index contributed by atoms with van der Waals surface area (Å²) in [6.45, 7) is 14.2. The third-order valence-electron chi connectivity index (χ3n) is 7.79. The van der Waals surface area contributed by atoms with E-state index in [1.807, 2.05) is 25.4 Å². The van der Waals surface area contributed by atoms with Gasteiger partial charge in [0, 0.05) is 68.5 Å². The van der Waals surface area contributed by atoms with Gasteiger partial charge >= 0.3 is 0 Å². The van der Waals surface area contributed by atoms with Gasteiger partial charge in [-0.1, -0.05) is 13.8 Å². The van der Waals surface area contributed by atoms with Crippen LogP contribution in [0, 0.1) is 6.92 Å². The van der Waals surface area contributed by atoms with Gasteiger partial charge in [0.1, 0.15) is 11.6 Å². The summed E-state index contributed by atoms with van der Waals surface area (Å²) in [6.07, 6.45) is 7.72. The molecular weight excluding hydrogens is 476 g/mol. The van der Waals surface area contributed by atoms with Gasteiger partial charge < -0.3 is 20.4 Å². The Morgan fingerprint density at radius 3 is 2.47 bits per heavy atom. The first-order valence-corrected chi connectivity index (χ1v) is 13.6. The summed E-state index contributed by atoms with van der Waals surface area (Å²) in [5.41, 5.74) is 9.96. The number of piperazine rings is 1. The van der Waals surface area contributed by atoms with Crippen molar-refractivity contribution in [2.45, 2.75) is 65.5 Å². The van der Waals surface area contributed by atoms with E-state index in [9.17, 15) is 4.79 Å². The van der Waals surface area contributed by atoms with Crippen LogP contribution in [-0.4, -0.2) is 64.1 Å². The summed E-state index contributed by atoms with van der Waals surface area (Å²) in [7, 11) is 0. The lowest BCUT2D eigenvalue weighted by molar-refractivity contribution is 0.1000. The molecule has 9 heteroatoms. The molecule has 5 rings (SSSR count). The van der Waals surface area contributed by atoms with Crippen molar-refractivity contribution in [3.05, 3.63) is 53.5 Å². The van der Waals surface area contributed by atoms with Crippen LogP contribution in [0.5, 0.6) is 0 Å². The molecule has 3 aromatic rings. The van der Waals surface area contributed by atoms with Crippen molar-refractivity contribution in [1.82, 2.24) is 19.9 Å². The molecular formula is C29H38N8O.